The Bertz CT molecular complexity index is 720. The van der Waals surface area contributed by atoms with Gasteiger partial charge in [0.15, 0.2) is 0 Å². The van der Waals surface area contributed by atoms with Gasteiger partial charge in [-0.2, -0.15) is 0 Å². The number of ether oxygens (including phenoxy) is 1. The van der Waals surface area contributed by atoms with Gasteiger partial charge in [0.05, 0.1) is 12.7 Å². The Hall–Kier alpha value is -1.85. The Morgan fingerprint density at radius 3 is 2.62 bits per heavy atom. The van der Waals surface area contributed by atoms with Crippen LogP contribution in [0.2, 0.25) is 0 Å². The maximum absolute atomic E-state index is 13.8. The number of hydrogen-bond donors (Lipinski definition) is 1. The lowest BCUT2D eigenvalue weighted by atomic mass is 9.86. The van der Waals surface area contributed by atoms with Crippen LogP contribution in [0.5, 0.6) is 0 Å². The predicted molar refractivity (Wildman–Crippen MR) is 86.3 cm³/mol. The first-order chi connectivity index (χ1) is 11.5. The van der Waals surface area contributed by atoms with Gasteiger partial charge in [-0.3, -0.25) is 0 Å². The number of rotatable bonds is 4. The summed E-state index contributed by atoms with van der Waals surface area (Å²) in [5.41, 5.74) is 2.10. The van der Waals surface area contributed by atoms with Crippen molar-refractivity contribution in [1.82, 2.24) is 5.32 Å². The fourth-order valence-corrected chi connectivity index (χ4v) is 3.25. The molecule has 2 unspecified atom stereocenters. The van der Waals surface area contributed by atoms with Crippen LogP contribution in [0.4, 0.5) is 13.2 Å². The Labute approximate surface area is 139 Å². The van der Waals surface area contributed by atoms with E-state index < -0.39 is 11.6 Å². The number of nitrogens with one attached hydrogen (secondary N) is 1. The van der Waals surface area contributed by atoms with Crippen LogP contribution in [-0.2, 0) is 11.3 Å². The van der Waals surface area contributed by atoms with Gasteiger partial charge in [0, 0.05) is 18.0 Å². The molecule has 1 fully saturated rings. The van der Waals surface area contributed by atoms with E-state index in [1.165, 1.54) is 12.1 Å². The highest BCUT2D eigenvalue weighted by molar-refractivity contribution is 5.31. The fourth-order valence-electron chi connectivity index (χ4n) is 3.25. The van der Waals surface area contributed by atoms with Gasteiger partial charge >= 0.3 is 0 Å². The van der Waals surface area contributed by atoms with Gasteiger partial charge in [-0.15, -0.1) is 0 Å². The van der Waals surface area contributed by atoms with Crippen LogP contribution in [0.25, 0.3) is 0 Å². The van der Waals surface area contributed by atoms with E-state index in [4.69, 9.17) is 4.74 Å². The van der Waals surface area contributed by atoms with Gasteiger partial charge < -0.3 is 10.1 Å². The smallest absolute Gasteiger partial charge is 0.128 e. The van der Waals surface area contributed by atoms with E-state index in [1.54, 1.807) is 6.07 Å². The van der Waals surface area contributed by atoms with Crippen molar-refractivity contribution in [2.75, 3.05) is 13.1 Å². The molecule has 0 bridgehead atoms. The summed E-state index contributed by atoms with van der Waals surface area (Å²) in [6.45, 7) is 3.40. The van der Waals surface area contributed by atoms with Crippen LogP contribution in [-0.4, -0.2) is 19.2 Å². The van der Waals surface area contributed by atoms with Gasteiger partial charge in [-0.25, -0.2) is 13.2 Å². The van der Waals surface area contributed by atoms with Crippen molar-refractivity contribution >= 4 is 0 Å². The quantitative estimate of drug-likeness (QED) is 0.909. The van der Waals surface area contributed by atoms with Crippen LogP contribution in [0.15, 0.2) is 36.4 Å². The fraction of sp³-hybridized carbons (Fsp3) is 0.368. The highest BCUT2D eigenvalue weighted by Crippen LogP contribution is 2.30. The van der Waals surface area contributed by atoms with Gasteiger partial charge in [0.1, 0.15) is 17.5 Å². The second-order valence-corrected chi connectivity index (χ2v) is 6.19. The molecule has 1 heterocycles. The molecule has 2 aromatic carbocycles. The highest BCUT2D eigenvalue weighted by atomic mass is 19.1. The summed E-state index contributed by atoms with van der Waals surface area (Å²) in [6, 6.07) is 8.09. The van der Waals surface area contributed by atoms with Gasteiger partial charge in [0.25, 0.3) is 0 Å². The summed E-state index contributed by atoms with van der Waals surface area (Å²) in [6.07, 6.45) is 0.636. The van der Waals surface area contributed by atoms with Crippen molar-refractivity contribution in [3.63, 3.8) is 0 Å². The molecule has 0 aliphatic carbocycles. The van der Waals surface area contributed by atoms with Gasteiger partial charge in [-0.1, -0.05) is 6.07 Å². The van der Waals surface area contributed by atoms with Gasteiger partial charge in [-0.05, 0) is 61.3 Å². The number of halogens is 3. The molecular formula is C19H20F3NO. The van der Waals surface area contributed by atoms with Gasteiger partial charge in [0.2, 0.25) is 0 Å². The molecule has 2 nitrogen and oxygen atoms in total. The molecule has 0 aromatic heterocycles. The van der Waals surface area contributed by atoms with Crippen molar-refractivity contribution in [1.29, 1.82) is 0 Å². The monoisotopic (exact) mass is 335 g/mol. The maximum atomic E-state index is 13.8. The molecular weight excluding hydrogens is 315 g/mol. The van der Waals surface area contributed by atoms with Crippen molar-refractivity contribution in [2.45, 2.75) is 32.0 Å². The molecule has 2 atom stereocenters. The third-order valence-corrected chi connectivity index (χ3v) is 4.51. The Kier molecular flexibility index (Phi) is 5.21. The second kappa shape index (κ2) is 7.36. The lowest BCUT2D eigenvalue weighted by Gasteiger charge is -2.33. The number of benzene rings is 2. The summed E-state index contributed by atoms with van der Waals surface area (Å²) >= 11 is 0. The van der Waals surface area contributed by atoms with Crippen LogP contribution >= 0.6 is 0 Å². The molecule has 2 aromatic rings. The maximum Gasteiger partial charge on any atom is 0.128 e. The molecule has 0 spiro atoms. The minimum absolute atomic E-state index is 0.0189. The van der Waals surface area contributed by atoms with E-state index in [9.17, 15) is 13.2 Å². The highest BCUT2D eigenvalue weighted by Gasteiger charge is 2.28. The van der Waals surface area contributed by atoms with E-state index in [0.717, 1.165) is 42.3 Å². The van der Waals surface area contributed by atoms with Crippen molar-refractivity contribution in [3.05, 3.63) is 70.5 Å². The largest absolute Gasteiger partial charge is 0.373 e. The zero-order valence-corrected chi connectivity index (χ0v) is 13.5. The Morgan fingerprint density at radius 2 is 1.83 bits per heavy atom. The summed E-state index contributed by atoms with van der Waals surface area (Å²) in [4.78, 5) is 0. The first kappa shape index (κ1) is 17.0. The molecule has 0 saturated carbocycles. The number of aryl methyl sites for hydroxylation is 1. The average Bonchev–Trinajstić information content (AvgIpc) is 2.56. The van der Waals surface area contributed by atoms with Crippen LogP contribution in [0.1, 0.15) is 29.0 Å². The molecule has 3 rings (SSSR count). The Morgan fingerprint density at radius 1 is 1.08 bits per heavy atom. The van der Waals surface area contributed by atoms with Crippen molar-refractivity contribution in [3.8, 4) is 0 Å². The third kappa shape index (κ3) is 3.79. The van der Waals surface area contributed by atoms with Crippen LogP contribution < -0.4 is 5.32 Å². The number of piperidine rings is 1. The van der Waals surface area contributed by atoms with E-state index >= 15 is 0 Å². The summed E-state index contributed by atoms with van der Waals surface area (Å²) in [5.74, 6) is -1.17. The summed E-state index contributed by atoms with van der Waals surface area (Å²) < 4.78 is 46.3. The molecule has 24 heavy (non-hydrogen) atoms. The molecule has 0 radical (unpaired) electrons. The molecule has 1 saturated heterocycles. The Balaban J connectivity index is 1.76. The molecule has 0 amide bonds. The lowest BCUT2D eigenvalue weighted by molar-refractivity contribution is 0.00548. The summed E-state index contributed by atoms with van der Waals surface area (Å²) in [5, 5.41) is 3.32. The van der Waals surface area contributed by atoms with Crippen molar-refractivity contribution in [2.24, 2.45) is 0 Å². The normalized spacial score (nSPS) is 21.0. The minimum Gasteiger partial charge on any atom is -0.373 e. The summed E-state index contributed by atoms with van der Waals surface area (Å²) in [7, 11) is 0. The molecule has 128 valence electrons. The van der Waals surface area contributed by atoms with Crippen molar-refractivity contribution < 1.29 is 17.9 Å². The zero-order chi connectivity index (χ0) is 17.1. The van der Waals surface area contributed by atoms with E-state index in [0.29, 0.717) is 6.54 Å². The number of hydrogen-bond acceptors (Lipinski definition) is 2. The molecule has 5 heteroatoms. The molecule has 1 aliphatic heterocycles. The first-order valence-electron chi connectivity index (χ1n) is 8.07. The SMILES string of the molecule is Cc1cc(F)ccc1C1CNCCC1OCc1cc(F)ccc1F. The topological polar surface area (TPSA) is 21.3 Å². The third-order valence-electron chi connectivity index (χ3n) is 4.51. The van der Waals surface area contributed by atoms with Crippen LogP contribution in [0, 0.1) is 24.4 Å². The average molecular weight is 335 g/mol. The van der Waals surface area contributed by atoms with E-state index in [-0.39, 0.29) is 30.0 Å². The lowest BCUT2D eigenvalue weighted by Crippen LogP contribution is -2.40. The van der Waals surface area contributed by atoms with E-state index in [1.807, 2.05) is 6.92 Å². The van der Waals surface area contributed by atoms with Crippen LogP contribution in [0.3, 0.4) is 0 Å². The standard InChI is InChI=1S/C19H20F3NO/c1-12-8-14(20)2-4-16(12)17-10-23-7-6-19(17)24-11-13-9-15(21)3-5-18(13)22/h2-5,8-9,17,19,23H,6-7,10-11H2,1H3. The minimum atomic E-state index is -0.480. The zero-order valence-electron chi connectivity index (χ0n) is 13.5. The van der Waals surface area contributed by atoms with E-state index in [2.05, 4.69) is 5.32 Å². The second-order valence-electron chi connectivity index (χ2n) is 6.19. The predicted octanol–water partition coefficient (Wildman–Crippen LogP) is 4.07. The molecule has 1 aliphatic rings. The first-order valence-corrected chi connectivity index (χ1v) is 8.07. The molecule has 1 N–H and O–H groups in total.